The van der Waals surface area contributed by atoms with Gasteiger partial charge in [0.05, 0.1) is 17.1 Å². The summed E-state index contributed by atoms with van der Waals surface area (Å²) in [6.45, 7) is 4.02. The van der Waals surface area contributed by atoms with E-state index >= 15 is 0 Å². The molecule has 0 saturated heterocycles. The Labute approximate surface area is 108 Å². The van der Waals surface area contributed by atoms with Crippen molar-refractivity contribution in [3.05, 3.63) is 11.4 Å². The van der Waals surface area contributed by atoms with Gasteiger partial charge in [0.15, 0.2) is 0 Å². The van der Waals surface area contributed by atoms with Crippen LogP contribution in [0.5, 0.6) is 0 Å². The van der Waals surface area contributed by atoms with E-state index < -0.39 is 0 Å². The maximum absolute atomic E-state index is 11.9. The van der Waals surface area contributed by atoms with Crippen molar-refractivity contribution in [3.63, 3.8) is 0 Å². The second kappa shape index (κ2) is 5.42. The Morgan fingerprint density at radius 3 is 2.61 bits per heavy atom. The number of anilines is 1. The zero-order valence-corrected chi connectivity index (χ0v) is 11.2. The lowest BCUT2D eigenvalue weighted by molar-refractivity contribution is -0.122. The largest absolute Gasteiger partial charge is 0.396 e. The SMILES string of the molecule is Cc1nn(CC(=O)NC2CCCCC2)c(C)c1N. The van der Waals surface area contributed by atoms with E-state index in [0.717, 1.165) is 24.2 Å². The molecule has 0 unspecified atom stereocenters. The van der Waals surface area contributed by atoms with Crippen LogP contribution < -0.4 is 11.1 Å². The number of nitrogens with one attached hydrogen (secondary N) is 1. The van der Waals surface area contributed by atoms with E-state index in [1.54, 1.807) is 4.68 Å². The Balaban J connectivity index is 1.92. The van der Waals surface area contributed by atoms with Gasteiger partial charge < -0.3 is 11.1 Å². The van der Waals surface area contributed by atoms with Gasteiger partial charge >= 0.3 is 0 Å². The molecular weight excluding hydrogens is 228 g/mol. The topological polar surface area (TPSA) is 72.9 Å². The van der Waals surface area contributed by atoms with Gasteiger partial charge in [-0.15, -0.1) is 0 Å². The molecule has 1 fully saturated rings. The fraction of sp³-hybridized carbons (Fsp3) is 0.692. The smallest absolute Gasteiger partial charge is 0.241 e. The highest BCUT2D eigenvalue weighted by Gasteiger charge is 2.17. The zero-order valence-electron chi connectivity index (χ0n) is 11.2. The molecular formula is C13H22N4O. The van der Waals surface area contributed by atoms with Crippen LogP contribution in [-0.4, -0.2) is 21.7 Å². The highest BCUT2D eigenvalue weighted by atomic mass is 16.2. The molecule has 3 N–H and O–H groups in total. The Kier molecular flexibility index (Phi) is 3.89. The van der Waals surface area contributed by atoms with E-state index in [0.29, 0.717) is 11.7 Å². The van der Waals surface area contributed by atoms with Gasteiger partial charge in [0.2, 0.25) is 5.91 Å². The highest BCUT2D eigenvalue weighted by Crippen LogP contribution is 2.18. The number of amides is 1. The van der Waals surface area contributed by atoms with Crippen LogP contribution in [0.25, 0.3) is 0 Å². The maximum Gasteiger partial charge on any atom is 0.241 e. The van der Waals surface area contributed by atoms with E-state index in [4.69, 9.17) is 5.73 Å². The molecule has 1 aromatic rings. The molecule has 1 aromatic heterocycles. The summed E-state index contributed by atoms with van der Waals surface area (Å²) >= 11 is 0. The van der Waals surface area contributed by atoms with Crippen molar-refractivity contribution in [2.24, 2.45) is 0 Å². The summed E-state index contributed by atoms with van der Waals surface area (Å²) in [5, 5.41) is 7.36. The van der Waals surface area contributed by atoms with E-state index in [1.807, 2.05) is 13.8 Å². The molecule has 0 aromatic carbocycles. The summed E-state index contributed by atoms with van der Waals surface area (Å²) in [5.41, 5.74) is 8.19. The van der Waals surface area contributed by atoms with Gasteiger partial charge in [-0.2, -0.15) is 5.10 Å². The van der Waals surface area contributed by atoms with Crippen LogP contribution in [-0.2, 0) is 11.3 Å². The molecule has 0 atom stereocenters. The lowest BCUT2D eigenvalue weighted by Gasteiger charge is -2.22. The number of rotatable bonds is 3. The molecule has 1 heterocycles. The zero-order chi connectivity index (χ0) is 13.1. The standard InChI is InChI=1S/C13H22N4O/c1-9-13(14)10(2)17(16-9)8-12(18)15-11-6-4-3-5-7-11/h11H,3-8,14H2,1-2H3,(H,15,18). The molecule has 1 aliphatic carbocycles. The van der Waals surface area contributed by atoms with Crippen LogP contribution in [0.4, 0.5) is 5.69 Å². The third kappa shape index (κ3) is 2.83. The van der Waals surface area contributed by atoms with Crippen LogP contribution in [0.15, 0.2) is 0 Å². The Bertz CT molecular complexity index is 432. The monoisotopic (exact) mass is 250 g/mol. The van der Waals surface area contributed by atoms with Crippen LogP contribution in [0.2, 0.25) is 0 Å². The number of aryl methyl sites for hydroxylation is 1. The first kappa shape index (κ1) is 12.9. The summed E-state index contributed by atoms with van der Waals surface area (Å²) in [6, 6.07) is 0.348. The van der Waals surface area contributed by atoms with Crippen LogP contribution in [0.3, 0.4) is 0 Å². The average molecular weight is 250 g/mol. The number of nitrogens with zero attached hydrogens (tertiary/aromatic N) is 2. The third-order valence-corrected chi connectivity index (χ3v) is 3.70. The summed E-state index contributed by atoms with van der Waals surface area (Å²) in [4.78, 5) is 11.9. The number of carbonyl (C=O) groups excluding carboxylic acids is 1. The first-order valence-electron chi connectivity index (χ1n) is 6.66. The predicted octanol–water partition coefficient (Wildman–Crippen LogP) is 1.53. The molecule has 5 nitrogen and oxygen atoms in total. The summed E-state index contributed by atoms with van der Waals surface area (Å²) in [7, 11) is 0. The van der Waals surface area contributed by atoms with Crippen molar-refractivity contribution in [1.29, 1.82) is 0 Å². The molecule has 5 heteroatoms. The van der Waals surface area contributed by atoms with Gasteiger partial charge in [-0.05, 0) is 26.7 Å². The van der Waals surface area contributed by atoms with E-state index in [1.165, 1.54) is 19.3 Å². The number of carbonyl (C=O) groups is 1. The molecule has 0 bridgehead atoms. The minimum absolute atomic E-state index is 0.0347. The molecule has 1 amide bonds. The maximum atomic E-state index is 11.9. The molecule has 100 valence electrons. The van der Waals surface area contributed by atoms with E-state index in [-0.39, 0.29) is 12.5 Å². The Morgan fingerprint density at radius 1 is 1.39 bits per heavy atom. The van der Waals surface area contributed by atoms with Gasteiger partial charge in [-0.25, -0.2) is 0 Å². The van der Waals surface area contributed by atoms with Gasteiger partial charge in [0, 0.05) is 6.04 Å². The van der Waals surface area contributed by atoms with E-state index in [9.17, 15) is 4.79 Å². The lowest BCUT2D eigenvalue weighted by Crippen LogP contribution is -2.38. The number of aromatic nitrogens is 2. The van der Waals surface area contributed by atoms with Crippen molar-refractivity contribution < 1.29 is 4.79 Å². The lowest BCUT2D eigenvalue weighted by atomic mass is 9.95. The van der Waals surface area contributed by atoms with Crippen molar-refractivity contribution in [2.45, 2.75) is 58.5 Å². The number of hydrogen-bond acceptors (Lipinski definition) is 3. The Hall–Kier alpha value is -1.52. The molecule has 0 radical (unpaired) electrons. The molecule has 2 rings (SSSR count). The minimum Gasteiger partial charge on any atom is -0.396 e. The summed E-state index contributed by atoms with van der Waals surface area (Å²) in [5.74, 6) is 0.0347. The quantitative estimate of drug-likeness (QED) is 0.854. The van der Waals surface area contributed by atoms with Crippen molar-refractivity contribution in [3.8, 4) is 0 Å². The molecule has 1 aliphatic rings. The summed E-state index contributed by atoms with van der Waals surface area (Å²) in [6.07, 6.45) is 5.94. The van der Waals surface area contributed by atoms with Crippen molar-refractivity contribution >= 4 is 11.6 Å². The van der Waals surface area contributed by atoms with Crippen LogP contribution >= 0.6 is 0 Å². The third-order valence-electron chi connectivity index (χ3n) is 3.70. The van der Waals surface area contributed by atoms with Gasteiger partial charge in [0.25, 0.3) is 0 Å². The van der Waals surface area contributed by atoms with Gasteiger partial charge in [-0.3, -0.25) is 9.48 Å². The van der Waals surface area contributed by atoms with E-state index in [2.05, 4.69) is 10.4 Å². The van der Waals surface area contributed by atoms with Gasteiger partial charge in [0.1, 0.15) is 6.54 Å². The summed E-state index contributed by atoms with van der Waals surface area (Å²) < 4.78 is 1.68. The fourth-order valence-corrected chi connectivity index (χ4v) is 2.52. The first-order valence-corrected chi connectivity index (χ1v) is 6.66. The average Bonchev–Trinajstić information content (AvgIpc) is 2.58. The first-order chi connectivity index (χ1) is 8.58. The number of nitrogen functional groups attached to an aromatic ring is 1. The predicted molar refractivity (Wildman–Crippen MR) is 71.1 cm³/mol. The fourth-order valence-electron chi connectivity index (χ4n) is 2.52. The van der Waals surface area contributed by atoms with Crippen LogP contribution in [0.1, 0.15) is 43.5 Å². The second-order valence-electron chi connectivity index (χ2n) is 5.14. The Morgan fingerprint density at radius 2 is 2.06 bits per heavy atom. The van der Waals surface area contributed by atoms with Crippen molar-refractivity contribution in [1.82, 2.24) is 15.1 Å². The molecule has 1 saturated carbocycles. The molecule has 0 spiro atoms. The molecule has 0 aliphatic heterocycles. The molecule has 18 heavy (non-hydrogen) atoms. The minimum atomic E-state index is 0.0347. The second-order valence-corrected chi connectivity index (χ2v) is 5.14. The van der Waals surface area contributed by atoms with Gasteiger partial charge in [-0.1, -0.05) is 19.3 Å². The highest BCUT2D eigenvalue weighted by molar-refractivity contribution is 5.76. The number of hydrogen-bond donors (Lipinski definition) is 2. The van der Waals surface area contributed by atoms with Crippen LogP contribution in [0, 0.1) is 13.8 Å². The normalized spacial score (nSPS) is 16.8. The van der Waals surface area contributed by atoms with Crippen molar-refractivity contribution in [2.75, 3.05) is 5.73 Å². The number of nitrogens with two attached hydrogens (primary N) is 1.